The van der Waals surface area contributed by atoms with Crippen LogP contribution >= 0.6 is 11.3 Å². The third-order valence-corrected chi connectivity index (χ3v) is 6.68. The van der Waals surface area contributed by atoms with Crippen molar-refractivity contribution in [1.29, 1.82) is 0 Å². The Labute approximate surface area is 192 Å². The van der Waals surface area contributed by atoms with Gasteiger partial charge >= 0.3 is 0 Å². The van der Waals surface area contributed by atoms with E-state index >= 15 is 0 Å². The molecule has 6 heteroatoms. The molecule has 0 fully saturated rings. The van der Waals surface area contributed by atoms with E-state index in [0.29, 0.717) is 6.54 Å². The molecule has 1 N–H and O–H groups in total. The van der Waals surface area contributed by atoms with Crippen LogP contribution in [0.3, 0.4) is 0 Å². The summed E-state index contributed by atoms with van der Waals surface area (Å²) in [4.78, 5) is 29.6. The molecule has 0 bridgehead atoms. The minimum atomic E-state index is -0.718. The number of nitrogens with zero attached hydrogens (tertiary/aromatic N) is 1. The smallest absolute Gasteiger partial charge is 0.248 e. The molecule has 0 radical (unpaired) electrons. The summed E-state index contributed by atoms with van der Waals surface area (Å²) in [6.45, 7) is 8.12. The fraction of sp³-hybridized carbons (Fsp3) is 0.308. The first-order valence-electron chi connectivity index (χ1n) is 10.6. The number of amides is 2. The van der Waals surface area contributed by atoms with Gasteiger partial charge in [0, 0.05) is 38.7 Å². The van der Waals surface area contributed by atoms with Gasteiger partial charge in [0.25, 0.3) is 0 Å². The molecule has 0 saturated carbocycles. The molecule has 5 nitrogen and oxygen atoms in total. The molecular weight excluding hydrogens is 420 g/mol. The standard InChI is InChI=1S/C26H28N2O3S/c1-16-14-21(29)28(15-17-10-12-18(31-5)13-11-17)23(25(30)27-26(2,3)4)24-22(16)19-8-6-7-9-20(19)32-24/h6-14,23H,15H2,1-5H3,(H,27,30). The molecule has 4 rings (SSSR count). The van der Waals surface area contributed by atoms with Crippen molar-refractivity contribution in [2.24, 2.45) is 0 Å². The lowest BCUT2D eigenvalue weighted by Gasteiger charge is -2.32. The van der Waals surface area contributed by atoms with Gasteiger partial charge in [-0.2, -0.15) is 0 Å². The van der Waals surface area contributed by atoms with Crippen LogP contribution in [0.2, 0.25) is 0 Å². The predicted molar refractivity (Wildman–Crippen MR) is 130 cm³/mol. The van der Waals surface area contributed by atoms with E-state index in [4.69, 9.17) is 4.74 Å². The summed E-state index contributed by atoms with van der Waals surface area (Å²) in [6.07, 6.45) is 1.66. The van der Waals surface area contributed by atoms with Crippen molar-refractivity contribution in [1.82, 2.24) is 10.2 Å². The van der Waals surface area contributed by atoms with Crippen molar-refractivity contribution in [3.8, 4) is 5.75 Å². The molecule has 1 unspecified atom stereocenters. The Hall–Kier alpha value is -3.12. The van der Waals surface area contributed by atoms with Crippen molar-refractivity contribution in [3.05, 3.63) is 70.6 Å². The summed E-state index contributed by atoms with van der Waals surface area (Å²) in [6, 6.07) is 15.0. The van der Waals surface area contributed by atoms with Gasteiger partial charge in [0.05, 0.1) is 7.11 Å². The molecule has 2 aromatic carbocycles. The van der Waals surface area contributed by atoms with E-state index in [1.165, 1.54) is 0 Å². The van der Waals surface area contributed by atoms with E-state index in [-0.39, 0.29) is 11.8 Å². The van der Waals surface area contributed by atoms with Crippen molar-refractivity contribution < 1.29 is 14.3 Å². The van der Waals surface area contributed by atoms with Crippen molar-refractivity contribution in [2.45, 2.75) is 45.8 Å². The van der Waals surface area contributed by atoms with Crippen LogP contribution in [0.15, 0.2) is 54.6 Å². The number of methoxy groups -OCH3 is 1. The van der Waals surface area contributed by atoms with Crippen LogP contribution in [0.25, 0.3) is 15.7 Å². The zero-order valence-corrected chi connectivity index (χ0v) is 19.9. The van der Waals surface area contributed by atoms with Crippen LogP contribution in [0, 0.1) is 0 Å². The molecule has 0 aliphatic carbocycles. The Morgan fingerprint density at radius 3 is 2.47 bits per heavy atom. The lowest BCUT2D eigenvalue weighted by atomic mass is 9.99. The minimum Gasteiger partial charge on any atom is -0.497 e. The first kappa shape index (κ1) is 22.1. The number of ether oxygens (including phenoxy) is 1. The molecule has 1 atom stereocenters. The van der Waals surface area contributed by atoms with Crippen LogP contribution < -0.4 is 10.1 Å². The average Bonchev–Trinajstić information content (AvgIpc) is 3.07. The second-order valence-corrected chi connectivity index (χ2v) is 10.2. The predicted octanol–water partition coefficient (Wildman–Crippen LogP) is 5.31. The molecule has 0 saturated heterocycles. The van der Waals surface area contributed by atoms with Gasteiger partial charge in [-0.1, -0.05) is 30.3 Å². The molecule has 1 aliphatic rings. The van der Waals surface area contributed by atoms with Crippen LogP contribution in [-0.2, 0) is 16.1 Å². The van der Waals surface area contributed by atoms with Crippen LogP contribution in [0.4, 0.5) is 0 Å². The number of hydrogen-bond acceptors (Lipinski definition) is 4. The van der Waals surface area contributed by atoms with E-state index in [9.17, 15) is 9.59 Å². The van der Waals surface area contributed by atoms with Crippen molar-refractivity contribution in [3.63, 3.8) is 0 Å². The Morgan fingerprint density at radius 2 is 1.81 bits per heavy atom. The van der Waals surface area contributed by atoms with E-state index < -0.39 is 11.6 Å². The fourth-order valence-electron chi connectivity index (χ4n) is 4.07. The zero-order chi connectivity index (χ0) is 23.0. The number of hydrogen-bond donors (Lipinski definition) is 1. The molecule has 2 amide bonds. The normalized spacial score (nSPS) is 16.4. The van der Waals surface area contributed by atoms with E-state index in [0.717, 1.165) is 37.4 Å². The highest BCUT2D eigenvalue weighted by Crippen LogP contribution is 2.43. The highest BCUT2D eigenvalue weighted by Gasteiger charge is 2.38. The van der Waals surface area contributed by atoms with Crippen LogP contribution in [0.1, 0.15) is 49.7 Å². The third kappa shape index (κ3) is 4.28. The zero-order valence-electron chi connectivity index (χ0n) is 19.1. The number of benzene rings is 2. The Balaban J connectivity index is 1.86. The van der Waals surface area contributed by atoms with Gasteiger partial charge in [-0.05, 0) is 57.0 Å². The summed E-state index contributed by atoms with van der Waals surface area (Å²) >= 11 is 1.59. The number of carbonyl (C=O) groups excluding carboxylic acids is 2. The highest BCUT2D eigenvalue weighted by atomic mass is 32.1. The van der Waals surface area contributed by atoms with Gasteiger partial charge in [-0.3, -0.25) is 9.59 Å². The van der Waals surface area contributed by atoms with Crippen molar-refractivity contribution >= 4 is 38.8 Å². The maximum Gasteiger partial charge on any atom is 0.248 e. The van der Waals surface area contributed by atoms with Gasteiger partial charge in [-0.15, -0.1) is 11.3 Å². The average molecular weight is 449 g/mol. The van der Waals surface area contributed by atoms with Crippen LogP contribution in [0.5, 0.6) is 5.75 Å². The second-order valence-electron chi connectivity index (χ2n) is 9.12. The molecular formula is C26H28N2O3S. The number of allylic oxidation sites excluding steroid dienone is 1. The highest BCUT2D eigenvalue weighted by molar-refractivity contribution is 7.19. The first-order chi connectivity index (χ1) is 15.2. The number of rotatable bonds is 4. The quantitative estimate of drug-likeness (QED) is 0.588. The van der Waals surface area contributed by atoms with Crippen molar-refractivity contribution in [2.75, 3.05) is 7.11 Å². The largest absolute Gasteiger partial charge is 0.497 e. The molecule has 1 aromatic heterocycles. The SMILES string of the molecule is COc1ccc(CN2C(=O)C=C(C)c3c(sc4ccccc34)C2C(=O)NC(C)(C)C)cc1. The molecule has 3 aromatic rings. The minimum absolute atomic E-state index is 0.167. The lowest BCUT2D eigenvalue weighted by Crippen LogP contribution is -2.48. The first-order valence-corrected chi connectivity index (χ1v) is 11.5. The number of carbonyl (C=O) groups is 2. The maximum atomic E-state index is 13.6. The topological polar surface area (TPSA) is 58.6 Å². The summed E-state index contributed by atoms with van der Waals surface area (Å²) in [5.41, 5.74) is 2.39. The summed E-state index contributed by atoms with van der Waals surface area (Å²) in [7, 11) is 1.62. The van der Waals surface area contributed by atoms with Gasteiger partial charge < -0.3 is 15.0 Å². The summed E-state index contributed by atoms with van der Waals surface area (Å²) in [5.74, 6) is 0.413. The Kier molecular flexibility index (Phi) is 5.82. The monoisotopic (exact) mass is 448 g/mol. The molecule has 32 heavy (non-hydrogen) atoms. The van der Waals surface area contributed by atoms with E-state index in [2.05, 4.69) is 17.4 Å². The fourth-order valence-corrected chi connectivity index (χ4v) is 5.45. The third-order valence-electron chi connectivity index (χ3n) is 5.46. The van der Waals surface area contributed by atoms with E-state index in [1.54, 1.807) is 29.4 Å². The maximum absolute atomic E-state index is 13.6. The lowest BCUT2D eigenvalue weighted by molar-refractivity contribution is -0.138. The summed E-state index contributed by atoms with van der Waals surface area (Å²) < 4.78 is 6.37. The second kappa shape index (κ2) is 8.43. The summed E-state index contributed by atoms with van der Waals surface area (Å²) in [5, 5.41) is 4.18. The number of fused-ring (bicyclic) bond motifs is 3. The van der Waals surface area contributed by atoms with Gasteiger partial charge in [0.15, 0.2) is 0 Å². The molecule has 166 valence electrons. The van der Waals surface area contributed by atoms with Gasteiger partial charge in [0.1, 0.15) is 11.8 Å². The molecule has 2 heterocycles. The Bertz CT molecular complexity index is 1200. The molecule has 0 spiro atoms. The van der Waals surface area contributed by atoms with Gasteiger partial charge in [-0.25, -0.2) is 0 Å². The van der Waals surface area contributed by atoms with Crippen LogP contribution in [-0.4, -0.2) is 29.4 Å². The molecule has 1 aliphatic heterocycles. The van der Waals surface area contributed by atoms with Gasteiger partial charge in [0.2, 0.25) is 11.8 Å². The Morgan fingerprint density at radius 1 is 1.12 bits per heavy atom. The number of thiophene rings is 1. The van der Waals surface area contributed by atoms with E-state index in [1.807, 2.05) is 64.1 Å². The number of nitrogens with one attached hydrogen (secondary N) is 1.